The fourth-order valence-corrected chi connectivity index (χ4v) is 3.73. The summed E-state index contributed by atoms with van der Waals surface area (Å²) in [6, 6.07) is 13.6. The number of nitrogens with one attached hydrogen (secondary N) is 3. The van der Waals surface area contributed by atoms with Crippen LogP contribution in [-0.2, 0) is 22.6 Å². The van der Waals surface area contributed by atoms with Crippen LogP contribution < -0.4 is 15.4 Å². The zero-order valence-corrected chi connectivity index (χ0v) is 17.8. The zero-order valence-electron chi connectivity index (χ0n) is 17.8. The summed E-state index contributed by atoms with van der Waals surface area (Å²) >= 11 is 0. The first-order valence-corrected chi connectivity index (χ1v) is 10.5. The lowest BCUT2D eigenvalue weighted by atomic mass is 10.1. The Kier molecular flexibility index (Phi) is 6.34. The molecule has 3 N–H and O–H groups in total. The van der Waals surface area contributed by atoms with Gasteiger partial charge in [0, 0.05) is 18.5 Å². The van der Waals surface area contributed by atoms with Gasteiger partial charge in [0.1, 0.15) is 17.6 Å². The molecule has 2 aromatic carbocycles. The smallest absolute Gasteiger partial charge is 0.325 e. The number of para-hydroxylation sites is 3. The maximum absolute atomic E-state index is 12.7. The number of hydrogen-bond acceptors (Lipinski definition) is 5. The van der Waals surface area contributed by atoms with Crippen LogP contribution in [0.1, 0.15) is 24.2 Å². The molecule has 4 rings (SSSR count). The van der Waals surface area contributed by atoms with E-state index >= 15 is 0 Å². The molecule has 1 saturated heterocycles. The molecular weight excluding hydrogens is 410 g/mol. The van der Waals surface area contributed by atoms with E-state index < -0.39 is 18.0 Å². The summed E-state index contributed by atoms with van der Waals surface area (Å²) < 4.78 is 5.28. The molecule has 0 bridgehead atoms. The standard InChI is InChI=1S/C23H25N5O4/c1-32-19-10-5-2-7-15(19)14-28-22(30)18(27-23(28)31)13-21(29)24-12-6-11-20-25-16-8-3-4-9-17(16)26-20/h2-5,7-10,18H,6,11-14H2,1H3,(H,24,29)(H,25,26)(H,27,31). The Morgan fingerprint density at radius 1 is 1.16 bits per heavy atom. The van der Waals surface area contributed by atoms with Crippen LogP contribution in [0, 0.1) is 0 Å². The number of H-pyrrole nitrogens is 1. The predicted octanol–water partition coefficient (Wildman–Crippen LogP) is 2.13. The Morgan fingerprint density at radius 2 is 1.94 bits per heavy atom. The molecule has 0 saturated carbocycles. The second-order valence-electron chi connectivity index (χ2n) is 7.60. The van der Waals surface area contributed by atoms with Crippen molar-refractivity contribution < 1.29 is 19.1 Å². The maximum Gasteiger partial charge on any atom is 0.325 e. The first kappa shape index (κ1) is 21.4. The maximum atomic E-state index is 12.7. The van der Waals surface area contributed by atoms with Crippen LogP contribution in [-0.4, -0.2) is 52.4 Å². The van der Waals surface area contributed by atoms with Gasteiger partial charge in [0.05, 0.1) is 31.1 Å². The number of rotatable bonds is 9. The van der Waals surface area contributed by atoms with Gasteiger partial charge in [0.2, 0.25) is 5.91 Å². The molecule has 0 aliphatic carbocycles. The monoisotopic (exact) mass is 435 g/mol. The summed E-state index contributed by atoms with van der Waals surface area (Å²) in [4.78, 5) is 46.1. The van der Waals surface area contributed by atoms with Crippen LogP contribution >= 0.6 is 0 Å². The summed E-state index contributed by atoms with van der Waals surface area (Å²) in [5.74, 6) is 0.759. The van der Waals surface area contributed by atoms with Gasteiger partial charge in [-0.05, 0) is 24.6 Å². The van der Waals surface area contributed by atoms with Crippen LogP contribution in [0.2, 0.25) is 0 Å². The third kappa shape index (κ3) is 4.72. The number of imidazole rings is 1. The van der Waals surface area contributed by atoms with Gasteiger partial charge in [-0.3, -0.25) is 14.5 Å². The molecule has 9 nitrogen and oxygen atoms in total. The molecule has 0 spiro atoms. The van der Waals surface area contributed by atoms with E-state index in [1.165, 1.54) is 7.11 Å². The number of carbonyl (C=O) groups excluding carboxylic acids is 3. The third-order valence-electron chi connectivity index (χ3n) is 5.37. The minimum Gasteiger partial charge on any atom is -0.496 e. The number of ether oxygens (including phenoxy) is 1. The Morgan fingerprint density at radius 3 is 2.75 bits per heavy atom. The number of imide groups is 1. The number of fused-ring (bicyclic) bond motifs is 1. The van der Waals surface area contributed by atoms with Crippen molar-refractivity contribution in [2.75, 3.05) is 13.7 Å². The summed E-state index contributed by atoms with van der Waals surface area (Å²) in [5.41, 5.74) is 2.62. The second kappa shape index (κ2) is 9.51. The van der Waals surface area contributed by atoms with Gasteiger partial charge >= 0.3 is 6.03 Å². The Hall–Kier alpha value is -3.88. The van der Waals surface area contributed by atoms with Crippen molar-refractivity contribution in [3.05, 3.63) is 59.9 Å². The Balaban J connectivity index is 1.24. The molecular formula is C23H25N5O4. The molecule has 32 heavy (non-hydrogen) atoms. The molecule has 1 aliphatic heterocycles. The molecule has 2 heterocycles. The predicted molar refractivity (Wildman–Crippen MR) is 118 cm³/mol. The van der Waals surface area contributed by atoms with Gasteiger partial charge < -0.3 is 20.4 Å². The van der Waals surface area contributed by atoms with Crippen molar-refractivity contribution in [2.45, 2.75) is 31.8 Å². The lowest BCUT2D eigenvalue weighted by Gasteiger charge is -2.15. The number of benzene rings is 2. The fraction of sp³-hybridized carbons (Fsp3) is 0.304. The van der Waals surface area contributed by atoms with E-state index in [0.29, 0.717) is 30.7 Å². The molecule has 1 unspecified atom stereocenters. The minimum atomic E-state index is -0.868. The highest BCUT2D eigenvalue weighted by molar-refractivity contribution is 6.05. The topological polar surface area (TPSA) is 116 Å². The molecule has 1 fully saturated rings. The lowest BCUT2D eigenvalue weighted by molar-refractivity contribution is -0.131. The first-order valence-electron chi connectivity index (χ1n) is 10.5. The quantitative estimate of drug-likeness (QED) is 0.352. The first-order chi connectivity index (χ1) is 15.5. The van der Waals surface area contributed by atoms with Gasteiger partial charge in [0.25, 0.3) is 5.91 Å². The number of amides is 4. The van der Waals surface area contributed by atoms with Crippen LogP contribution in [0.4, 0.5) is 4.79 Å². The molecule has 3 aromatic rings. The normalized spacial score (nSPS) is 15.8. The highest BCUT2D eigenvalue weighted by Gasteiger charge is 2.39. The van der Waals surface area contributed by atoms with E-state index in [9.17, 15) is 14.4 Å². The van der Waals surface area contributed by atoms with Crippen LogP contribution in [0.5, 0.6) is 5.75 Å². The molecule has 1 atom stereocenters. The van der Waals surface area contributed by atoms with E-state index in [0.717, 1.165) is 21.8 Å². The summed E-state index contributed by atoms with van der Waals surface area (Å²) in [7, 11) is 1.53. The van der Waals surface area contributed by atoms with E-state index in [2.05, 4.69) is 20.6 Å². The Labute approximate surface area is 185 Å². The van der Waals surface area contributed by atoms with Crippen molar-refractivity contribution in [3.8, 4) is 5.75 Å². The van der Waals surface area contributed by atoms with Crippen LogP contribution in [0.15, 0.2) is 48.5 Å². The number of nitrogens with zero attached hydrogens (tertiary/aromatic N) is 2. The van der Waals surface area contributed by atoms with Gasteiger partial charge in [-0.15, -0.1) is 0 Å². The highest BCUT2D eigenvalue weighted by Crippen LogP contribution is 2.21. The van der Waals surface area contributed by atoms with Crippen molar-refractivity contribution in [2.24, 2.45) is 0 Å². The van der Waals surface area contributed by atoms with Gasteiger partial charge in [-0.25, -0.2) is 9.78 Å². The van der Waals surface area contributed by atoms with Crippen molar-refractivity contribution in [3.63, 3.8) is 0 Å². The number of methoxy groups -OCH3 is 1. The summed E-state index contributed by atoms with van der Waals surface area (Å²) in [6.07, 6.45) is 1.30. The molecule has 9 heteroatoms. The highest BCUT2D eigenvalue weighted by atomic mass is 16.5. The summed E-state index contributed by atoms with van der Waals surface area (Å²) in [6.45, 7) is 0.542. The average molecular weight is 435 g/mol. The molecule has 1 aliphatic rings. The molecule has 4 amide bonds. The summed E-state index contributed by atoms with van der Waals surface area (Å²) in [5, 5.41) is 5.40. The van der Waals surface area contributed by atoms with Gasteiger partial charge in [-0.2, -0.15) is 0 Å². The second-order valence-corrected chi connectivity index (χ2v) is 7.60. The molecule has 1 aromatic heterocycles. The number of aryl methyl sites for hydroxylation is 1. The zero-order chi connectivity index (χ0) is 22.5. The van der Waals surface area contributed by atoms with Crippen molar-refractivity contribution in [1.82, 2.24) is 25.5 Å². The van der Waals surface area contributed by atoms with E-state index in [1.54, 1.807) is 12.1 Å². The number of aromatic amines is 1. The third-order valence-corrected chi connectivity index (χ3v) is 5.37. The van der Waals surface area contributed by atoms with Gasteiger partial charge in [-0.1, -0.05) is 30.3 Å². The van der Waals surface area contributed by atoms with E-state index in [-0.39, 0.29) is 18.9 Å². The van der Waals surface area contributed by atoms with Gasteiger partial charge in [0.15, 0.2) is 0 Å². The fourth-order valence-electron chi connectivity index (χ4n) is 3.73. The van der Waals surface area contributed by atoms with Crippen LogP contribution in [0.25, 0.3) is 11.0 Å². The number of urea groups is 1. The van der Waals surface area contributed by atoms with E-state index in [4.69, 9.17) is 4.74 Å². The molecule has 0 radical (unpaired) electrons. The molecule has 166 valence electrons. The van der Waals surface area contributed by atoms with E-state index in [1.807, 2.05) is 36.4 Å². The van der Waals surface area contributed by atoms with Crippen molar-refractivity contribution in [1.29, 1.82) is 0 Å². The lowest BCUT2D eigenvalue weighted by Crippen LogP contribution is -2.36. The number of aromatic nitrogens is 2. The van der Waals surface area contributed by atoms with Crippen molar-refractivity contribution >= 4 is 28.9 Å². The van der Waals surface area contributed by atoms with Crippen LogP contribution in [0.3, 0.4) is 0 Å². The Bertz CT molecular complexity index is 1110. The number of hydrogen-bond donors (Lipinski definition) is 3. The SMILES string of the molecule is COc1ccccc1CN1C(=O)NC(CC(=O)NCCCc2nc3ccccc3[nH]2)C1=O. The minimum absolute atomic E-state index is 0.0876. The largest absolute Gasteiger partial charge is 0.496 e. The average Bonchev–Trinajstić information content (AvgIpc) is 3.33. The number of carbonyl (C=O) groups is 3.